The molecular formula is C11H19N5O. The number of primary amides is 1. The Balaban J connectivity index is 2.82. The molecular weight excluding hydrogens is 218 g/mol. The summed E-state index contributed by atoms with van der Waals surface area (Å²) in [6.07, 6.45) is 3.52. The lowest BCUT2D eigenvalue weighted by molar-refractivity contribution is -0.116. The number of nitrogens with zero attached hydrogens (tertiary/aromatic N) is 3. The van der Waals surface area contributed by atoms with Crippen molar-refractivity contribution in [2.24, 2.45) is 5.73 Å². The zero-order valence-electron chi connectivity index (χ0n) is 10.3. The maximum Gasteiger partial charge on any atom is 0.236 e. The van der Waals surface area contributed by atoms with E-state index in [0.717, 1.165) is 31.0 Å². The first-order valence-electron chi connectivity index (χ1n) is 5.70. The average molecular weight is 237 g/mol. The van der Waals surface area contributed by atoms with Gasteiger partial charge in [-0.05, 0) is 6.42 Å². The van der Waals surface area contributed by atoms with E-state index in [1.807, 2.05) is 4.90 Å². The molecule has 1 heterocycles. The van der Waals surface area contributed by atoms with E-state index in [2.05, 4.69) is 22.2 Å². The summed E-state index contributed by atoms with van der Waals surface area (Å²) < 4.78 is 0. The lowest BCUT2D eigenvalue weighted by Crippen LogP contribution is -2.35. The number of carbonyl (C=O) groups excluding carboxylic acids is 1. The predicted octanol–water partition coefficient (Wildman–Crippen LogP) is 0.610. The summed E-state index contributed by atoms with van der Waals surface area (Å²) in [5, 5.41) is 2.94. The van der Waals surface area contributed by atoms with Crippen LogP contribution in [0.4, 0.5) is 11.6 Å². The molecule has 1 rings (SSSR count). The van der Waals surface area contributed by atoms with Crippen molar-refractivity contribution in [2.75, 3.05) is 30.4 Å². The van der Waals surface area contributed by atoms with Crippen LogP contribution in [0.3, 0.4) is 0 Å². The lowest BCUT2D eigenvalue weighted by atomic mass is 10.3. The summed E-state index contributed by atoms with van der Waals surface area (Å²) >= 11 is 0. The number of aromatic nitrogens is 2. The number of nitrogens with two attached hydrogens (primary N) is 1. The number of rotatable bonds is 7. The van der Waals surface area contributed by atoms with Gasteiger partial charge < -0.3 is 16.0 Å². The minimum absolute atomic E-state index is 0.181. The largest absolute Gasteiger partial charge is 0.373 e. The summed E-state index contributed by atoms with van der Waals surface area (Å²) in [5.74, 6) is 1.09. The van der Waals surface area contributed by atoms with Gasteiger partial charge >= 0.3 is 0 Å². The van der Waals surface area contributed by atoms with Gasteiger partial charge in [0.05, 0.1) is 6.54 Å². The van der Waals surface area contributed by atoms with Crippen molar-refractivity contribution >= 4 is 17.5 Å². The van der Waals surface area contributed by atoms with Gasteiger partial charge in [0.2, 0.25) is 5.91 Å². The maximum atomic E-state index is 11.0. The minimum Gasteiger partial charge on any atom is -0.373 e. The number of hydrogen-bond donors (Lipinski definition) is 2. The maximum absolute atomic E-state index is 11.0. The van der Waals surface area contributed by atoms with E-state index < -0.39 is 0 Å². The van der Waals surface area contributed by atoms with Gasteiger partial charge in [0.1, 0.15) is 18.0 Å². The van der Waals surface area contributed by atoms with Crippen LogP contribution in [-0.2, 0) is 4.79 Å². The molecule has 1 amide bonds. The molecule has 1 aromatic rings. The van der Waals surface area contributed by atoms with Gasteiger partial charge in [0.25, 0.3) is 0 Å². The molecule has 0 bridgehead atoms. The number of hydrogen-bond acceptors (Lipinski definition) is 5. The monoisotopic (exact) mass is 237 g/mol. The molecule has 6 heteroatoms. The van der Waals surface area contributed by atoms with Crippen LogP contribution in [0.5, 0.6) is 0 Å². The second kappa shape index (κ2) is 6.67. The zero-order chi connectivity index (χ0) is 12.7. The molecule has 0 aliphatic heterocycles. The highest BCUT2D eigenvalue weighted by atomic mass is 16.1. The standard InChI is InChI=1S/C11H19N5O/c1-3-4-5-16(7-9(12)17)11-6-10(13-2)14-8-15-11/h6,8H,3-5,7H2,1-2H3,(H2,12,17)(H,13,14,15). The molecule has 0 unspecified atom stereocenters. The normalized spacial score (nSPS) is 10.0. The van der Waals surface area contributed by atoms with Crippen molar-refractivity contribution in [1.29, 1.82) is 0 Å². The smallest absolute Gasteiger partial charge is 0.236 e. The Morgan fingerprint density at radius 2 is 2.29 bits per heavy atom. The number of anilines is 2. The van der Waals surface area contributed by atoms with Crippen LogP contribution in [0.15, 0.2) is 12.4 Å². The molecule has 6 nitrogen and oxygen atoms in total. The Labute approximate surface area is 101 Å². The van der Waals surface area contributed by atoms with Crippen LogP contribution in [0.2, 0.25) is 0 Å². The van der Waals surface area contributed by atoms with Crippen LogP contribution >= 0.6 is 0 Å². The molecule has 0 aliphatic carbocycles. The first-order valence-corrected chi connectivity index (χ1v) is 5.70. The fraction of sp³-hybridized carbons (Fsp3) is 0.545. The molecule has 1 aromatic heterocycles. The van der Waals surface area contributed by atoms with Crippen LogP contribution < -0.4 is 16.0 Å². The van der Waals surface area contributed by atoms with Crippen molar-refractivity contribution < 1.29 is 4.79 Å². The van der Waals surface area contributed by atoms with Gasteiger partial charge in [0.15, 0.2) is 0 Å². The third-order valence-corrected chi connectivity index (χ3v) is 2.36. The summed E-state index contributed by atoms with van der Waals surface area (Å²) in [5.41, 5.74) is 5.23. The fourth-order valence-electron chi connectivity index (χ4n) is 1.47. The third kappa shape index (κ3) is 4.26. The molecule has 0 radical (unpaired) electrons. The van der Waals surface area contributed by atoms with E-state index in [-0.39, 0.29) is 12.5 Å². The van der Waals surface area contributed by atoms with Gasteiger partial charge in [-0.15, -0.1) is 0 Å². The number of nitrogens with one attached hydrogen (secondary N) is 1. The predicted molar refractivity (Wildman–Crippen MR) is 67.9 cm³/mol. The van der Waals surface area contributed by atoms with Gasteiger partial charge in [-0.1, -0.05) is 13.3 Å². The van der Waals surface area contributed by atoms with E-state index in [0.29, 0.717) is 0 Å². The van der Waals surface area contributed by atoms with E-state index in [4.69, 9.17) is 5.73 Å². The van der Waals surface area contributed by atoms with Crippen molar-refractivity contribution in [1.82, 2.24) is 9.97 Å². The Morgan fingerprint density at radius 1 is 1.53 bits per heavy atom. The average Bonchev–Trinajstić information content (AvgIpc) is 2.34. The number of unbranched alkanes of at least 4 members (excludes halogenated alkanes) is 1. The van der Waals surface area contributed by atoms with Crippen molar-refractivity contribution in [3.05, 3.63) is 12.4 Å². The molecule has 94 valence electrons. The van der Waals surface area contributed by atoms with Crippen LogP contribution in [0.25, 0.3) is 0 Å². The molecule has 0 atom stereocenters. The Kier molecular flexibility index (Phi) is 5.19. The lowest BCUT2D eigenvalue weighted by Gasteiger charge is -2.22. The Morgan fingerprint density at radius 3 is 2.88 bits per heavy atom. The second-order valence-corrected chi connectivity index (χ2v) is 3.75. The second-order valence-electron chi connectivity index (χ2n) is 3.75. The van der Waals surface area contributed by atoms with Crippen molar-refractivity contribution in [2.45, 2.75) is 19.8 Å². The molecule has 0 spiro atoms. The third-order valence-electron chi connectivity index (χ3n) is 2.36. The van der Waals surface area contributed by atoms with Crippen molar-refractivity contribution in [3.8, 4) is 0 Å². The number of amides is 1. The summed E-state index contributed by atoms with van der Waals surface area (Å²) in [6, 6.07) is 1.80. The van der Waals surface area contributed by atoms with Crippen LogP contribution in [0.1, 0.15) is 19.8 Å². The van der Waals surface area contributed by atoms with Gasteiger partial charge in [-0.3, -0.25) is 4.79 Å². The summed E-state index contributed by atoms with van der Waals surface area (Å²) in [7, 11) is 1.79. The SMILES string of the molecule is CCCCN(CC(N)=O)c1cc(NC)ncn1. The highest BCUT2D eigenvalue weighted by molar-refractivity contribution is 5.79. The molecule has 17 heavy (non-hydrogen) atoms. The summed E-state index contributed by atoms with van der Waals surface area (Å²) in [4.78, 5) is 21.1. The molecule has 0 saturated carbocycles. The highest BCUT2D eigenvalue weighted by Gasteiger charge is 2.10. The molecule has 0 aliphatic rings. The van der Waals surface area contributed by atoms with Gasteiger partial charge in [-0.2, -0.15) is 0 Å². The molecule has 0 saturated heterocycles. The quantitative estimate of drug-likeness (QED) is 0.726. The van der Waals surface area contributed by atoms with Gasteiger partial charge in [0, 0.05) is 19.7 Å². The first-order chi connectivity index (χ1) is 8.17. The van der Waals surface area contributed by atoms with E-state index in [1.165, 1.54) is 6.33 Å². The summed E-state index contributed by atoms with van der Waals surface area (Å²) in [6.45, 7) is 3.04. The van der Waals surface area contributed by atoms with E-state index >= 15 is 0 Å². The first kappa shape index (κ1) is 13.2. The van der Waals surface area contributed by atoms with Crippen molar-refractivity contribution in [3.63, 3.8) is 0 Å². The highest BCUT2D eigenvalue weighted by Crippen LogP contribution is 2.14. The zero-order valence-corrected chi connectivity index (χ0v) is 10.3. The topological polar surface area (TPSA) is 84.1 Å². The fourth-order valence-corrected chi connectivity index (χ4v) is 1.47. The Hall–Kier alpha value is -1.85. The van der Waals surface area contributed by atoms with E-state index in [1.54, 1.807) is 13.1 Å². The Bertz CT molecular complexity index is 369. The minimum atomic E-state index is -0.356. The van der Waals surface area contributed by atoms with E-state index in [9.17, 15) is 4.79 Å². The molecule has 3 N–H and O–H groups in total. The molecule has 0 fully saturated rings. The molecule has 0 aromatic carbocycles. The van der Waals surface area contributed by atoms with Crippen LogP contribution in [-0.4, -0.2) is 36.0 Å². The van der Waals surface area contributed by atoms with Gasteiger partial charge in [-0.25, -0.2) is 9.97 Å². The number of carbonyl (C=O) groups is 1. The van der Waals surface area contributed by atoms with Crippen LogP contribution in [0, 0.1) is 0 Å².